The second-order valence-corrected chi connectivity index (χ2v) is 6.31. The van der Waals surface area contributed by atoms with E-state index in [2.05, 4.69) is 17.2 Å². The van der Waals surface area contributed by atoms with E-state index in [-0.39, 0.29) is 18.0 Å². The lowest BCUT2D eigenvalue weighted by Gasteiger charge is -2.29. The standard InChI is InChI=1S/C15H13N3OS/c1-9-6-7-12(20-9)14-15(19)18-11-5-3-2-4-10(11)16-8-13(18)17-14/h2-8,11,14,17H,1H3. The van der Waals surface area contributed by atoms with Gasteiger partial charge >= 0.3 is 0 Å². The molecule has 0 spiro atoms. The SMILES string of the molecule is Cc1ccc(C2NC3=CN=C4C=CC=CC4N3C2=O)s1. The van der Waals surface area contributed by atoms with Gasteiger partial charge in [0.1, 0.15) is 11.9 Å². The zero-order chi connectivity index (χ0) is 13.7. The molecule has 3 heterocycles. The molecular weight excluding hydrogens is 270 g/mol. The molecule has 1 fully saturated rings. The first-order chi connectivity index (χ1) is 9.74. The number of rotatable bonds is 1. The van der Waals surface area contributed by atoms with Crippen LogP contribution in [0.25, 0.3) is 0 Å². The number of aryl methyl sites for hydroxylation is 1. The number of fused-ring (bicyclic) bond motifs is 3. The van der Waals surface area contributed by atoms with E-state index < -0.39 is 0 Å². The van der Waals surface area contributed by atoms with Crippen molar-refractivity contribution in [2.24, 2.45) is 4.99 Å². The van der Waals surface area contributed by atoms with E-state index in [1.54, 1.807) is 17.5 Å². The van der Waals surface area contributed by atoms with E-state index in [1.807, 2.05) is 41.3 Å². The Bertz CT molecular complexity index is 710. The van der Waals surface area contributed by atoms with Gasteiger partial charge in [-0.1, -0.05) is 18.2 Å². The van der Waals surface area contributed by atoms with Gasteiger partial charge in [-0.05, 0) is 25.1 Å². The van der Waals surface area contributed by atoms with E-state index >= 15 is 0 Å². The van der Waals surface area contributed by atoms with E-state index in [1.165, 1.54) is 4.88 Å². The number of carbonyl (C=O) groups excluding carboxylic acids is 1. The van der Waals surface area contributed by atoms with Gasteiger partial charge in [-0.3, -0.25) is 14.7 Å². The maximum absolute atomic E-state index is 12.7. The van der Waals surface area contributed by atoms with Crippen molar-refractivity contribution in [3.63, 3.8) is 0 Å². The van der Waals surface area contributed by atoms with Crippen molar-refractivity contribution in [3.05, 3.63) is 58.2 Å². The number of allylic oxidation sites excluding steroid dienone is 2. The molecule has 1 amide bonds. The summed E-state index contributed by atoms with van der Waals surface area (Å²) in [5, 5.41) is 3.29. The monoisotopic (exact) mass is 283 g/mol. The lowest BCUT2D eigenvalue weighted by Crippen LogP contribution is -2.42. The lowest BCUT2D eigenvalue weighted by molar-refractivity contribution is -0.128. The number of nitrogens with one attached hydrogen (secondary N) is 1. The summed E-state index contributed by atoms with van der Waals surface area (Å²) in [4.78, 5) is 21.2. The van der Waals surface area contributed by atoms with Gasteiger partial charge in [0.15, 0.2) is 0 Å². The summed E-state index contributed by atoms with van der Waals surface area (Å²) in [5.41, 5.74) is 0.911. The summed E-state index contributed by atoms with van der Waals surface area (Å²) < 4.78 is 0. The molecule has 0 aromatic carbocycles. The summed E-state index contributed by atoms with van der Waals surface area (Å²) in [6, 6.07) is 3.71. The molecule has 1 aliphatic carbocycles. The maximum atomic E-state index is 12.7. The molecule has 4 rings (SSSR count). The topological polar surface area (TPSA) is 44.7 Å². The van der Waals surface area contributed by atoms with Crippen LogP contribution in [-0.2, 0) is 4.79 Å². The van der Waals surface area contributed by atoms with Crippen molar-refractivity contribution in [2.75, 3.05) is 0 Å². The molecule has 1 N–H and O–H groups in total. The molecule has 0 saturated carbocycles. The Morgan fingerprint density at radius 3 is 3.05 bits per heavy atom. The van der Waals surface area contributed by atoms with Crippen molar-refractivity contribution in [2.45, 2.75) is 19.0 Å². The van der Waals surface area contributed by atoms with Gasteiger partial charge < -0.3 is 5.32 Å². The average molecular weight is 283 g/mol. The Kier molecular flexibility index (Phi) is 2.44. The molecule has 2 atom stereocenters. The van der Waals surface area contributed by atoms with Crippen LogP contribution >= 0.6 is 11.3 Å². The molecule has 2 unspecified atom stereocenters. The predicted molar refractivity (Wildman–Crippen MR) is 79.4 cm³/mol. The third-order valence-corrected chi connectivity index (χ3v) is 4.74. The van der Waals surface area contributed by atoms with Crippen molar-refractivity contribution >= 4 is 23.0 Å². The van der Waals surface area contributed by atoms with Crippen LogP contribution in [0.4, 0.5) is 0 Å². The fourth-order valence-electron chi connectivity index (χ4n) is 2.72. The molecule has 0 radical (unpaired) electrons. The molecule has 2 aliphatic heterocycles. The van der Waals surface area contributed by atoms with Crippen molar-refractivity contribution < 1.29 is 4.79 Å². The van der Waals surface area contributed by atoms with Crippen LogP contribution in [-0.4, -0.2) is 22.6 Å². The molecule has 0 bridgehead atoms. The van der Waals surface area contributed by atoms with Crippen LogP contribution in [0.5, 0.6) is 0 Å². The second-order valence-electron chi connectivity index (χ2n) is 4.99. The molecule has 1 saturated heterocycles. The Labute approximate surface area is 120 Å². The number of hydrogen-bond donors (Lipinski definition) is 1. The van der Waals surface area contributed by atoms with Gasteiger partial charge in [-0.15, -0.1) is 11.3 Å². The number of thiophene rings is 1. The van der Waals surface area contributed by atoms with Gasteiger partial charge in [-0.2, -0.15) is 0 Å². The van der Waals surface area contributed by atoms with Crippen molar-refractivity contribution in [1.82, 2.24) is 10.2 Å². The summed E-state index contributed by atoms with van der Waals surface area (Å²) in [6.07, 6.45) is 9.61. The highest BCUT2D eigenvalue weighted by molar-refractivity contribution is 7.12. The first-order valence-electron chi connectivity index (χ1n) is 6.53. The van der Waals surface area contributed by atoms with E-state index in [0.29, 0.717) is 0 Å². The van der Waals surface area contributed by atoms with Crippen LogP contribution in [0, 0.1) is 6.92 Å². The smallest absolute Gasteiger partial charge is 0.257 e. The summed E-state index contributed by atoms with van der Waals surface area (Å²) in [7, 11) is 0. The zero-order valence-electron chi connectivity index (χ0n) is 10.9. The van der Waals surface area contributed by atoms with E-state index in [9.17, 15) is 4.79 Å². The van der Waals surface area contributed by atoms with Crippen molar-refractivity contribution in [3.8, 4) is 0 Å². The van der Waals surface area contributed by atoms with Crippen molar-refractivity contribution in [1.29, 1.82) is 0 Å². The Hall–Kier alpha value is -2.14. The Morgan fingerprint density at radius 2 is 2.25 bits per heavy atom. The van der Waals surface area contributed by atoms with Gasteiger partial charge in [-0.25, -0.2) is 0 Å². The third kappa shape index (κ3) is 1.59. The first-order valence-corrected chi connectivity index (χ1v) is 7.34. The minimum absolute atomic E-state index is 0.0777. The molecule has 1 aromatic heterocycles. The zero-order valence-corrected chi connectivity index (χ0v) is 11.7. The fourth-order valence-corrected chi connectivity index (χ4v) is 3.64. The minimum atomic E-state index is -0.284. The van der Waals surface area contributed by atoms with Crippen LogP contribution in [0.1, 0.15) is 15.8 Å². The lowest BCUT2D eigenvalue weighted by atomic mass is 10.0. The second kappa shape index (κ2) is 4.18. The summed E-state index contributed by atoms with van der Waals surface area (Å²) >= 11 is 1.66. The molecule has 1 aromatic rings. The molecule has 5 heteroatoms. The number of aliphatic imine (C=N–C) groups is 1. The van der Waals surface area contributed by atoms with Crippen LogP contribution in [0.3, 0.4) is 0 Å². The fraction of sp³-hybridized carbons (Fsp3) is 0.200. The average Bonchev–Trinajstić information content (AvgIpc) is 3.03. The maximum Gasteiger partial charge on any atom is 0.257 e. The van der Waals surface area contributed by atoms with Gasteiger partial charge in [0, 0.05) is 9.75 Å². The number of carbonyl (C=O) groups is 1. The minimum Gasteiger partial charge on any atom is -0.354 e. The van der Waals surface area contributed by atoms with E-state index in [4.69, 9.17) is 0 Å². The number of hydrogen-bond acceptors (Lipinski definition) is 4. The molecule has 4 nitrogen and oxygen atoms in total. The highest BCUT2D eigenvalue weighted by atomic mass is 32.1. The van der Waals surface area contributed by atoms with Crippen LogP contribution in [0.15, 0.2) is 53.5 Å². The number of nitrogens with zero attached hydrogens (tertiary/aromatic N) is 2. The van der Waals surface area contributed by atoms with Crippen LogP contribution in [0.2, 0.25) is 0 Å². The predicted octanol–water partition coefficient (Wildman–Crippen LogP) is 2.28. The van der Waals surface area contributed by atoms with Gasteiger partial charge in [0.05, 0.1) is 18.0 Å². The number of amides is 1. The summed E-state index contributed by atoms with van der Waals surface area (Å²) in [6.45, 7) is 2.05. The molecular formula is C15H13N3OS. The largest absolute Gasteiger partial charge is 0.354 e. The molecule has 3 aliphatic rings. The molecule has 20 heavy (non-hydrogen) atoms. The third-order valence-electron chi connectivity index (χ3n) is 3.67. The Morgan fingerprint density at radius 1 is 1.35 bits per heavy atom. The van der Waals surface area contributed by atoms with Crippen LogP contribution < -0.4 is 5.32 Å². The van der Waals surface area contributed by atoms with Gasteiger partial charge in [0.25, 0.3) is 5.91 Å². The quantitative estimate of drug-likeness (QED) is 0.859. The van der Waals surface area contributed by atoms with E-state index in [0.717, 1.165) is 16.4 Å². The molecule has 100 valence electrons. The normalized spacial score (nSPS) is 26.9. The summed E-state index contributed by atoms with van der Waals surface area (Å²) in [5.74, 6) is 0.884. The first kappa shape index (κ1) is 11.7. The van der Waals surface area contributed by atoms with Gasteiger partial charge in [0.2, 0.25) is 0 Å². The highest BCUT2D eigenvalue weighted by Gasteiger charge is 2.42. The highest BCUT2D eigenvalue weighted by Crippen LogP contribution is 2.34. The Balaban J connectivity index is 1.71.